The van der Waals surface area contributed by atoms with E-state index < -0.39 is 24.4 Å². The van der Waals surface area contributed by atoms with Crippen LogP contribution in [-0.4, -0.2) is 29.5 Å². The summed E-state index contributed by atoms with van der Waals surface area (Å²) < 4.78 is 4.94. The number of carbonyl (C=O) groups is 3. The van der Waals surface area contributed by atoms with Crippen LogP contribution in [0.3, 0.4) is 0 Å². The molecule has 0 fully saturated rings. The summed E-state index contributed by atoms with van der Waals surface area (Å²) >= 11 is 1.36. The number of nitrogens with two attached hydrogens (primary N) is 1. The number of esters is 1. The zero-order valence-electron chi connectivity index (χ0n) is 15.9. The van der Waals surface area contributed by atoms with Crippen molar-refractivity contribution in [1.82, 2.24) is 0 Å². The van der Waals surface area contributed by atoms with E-state index in [4.69, 9.17) is 10.5 Å². The number of ether oxygens (including phenoxy) is 1. The molecule has 1 aromatic heterocycles. The van der Waals surface area contributed by atoms with Gasteiger partial charge in [-0.05, 0) is 54.5 Å². The first-order valence-corrected chi connectivity index (χ1v) is 10.0. The first-order valence-electron chi connectivity index (χ1n) is 9.21. The second-order valence-electron chi connectivity index (χ2n) is 7.00. The number of carbonyl (C=O) groups excluding carboxylic acids is 3. The van der Waals surface area contributed by atoms with Crippen LogP contribution in [-0.2, 0) is 27.2 Å². The Morgan fingerprint density at radius 2 is 2.03 bits per heavy atom. The predicted octanol–water partition coefficient (Wildman–Crippen LogP) is 2.87. The maximum Gasteiger partial charge on any atom is 0.331 e. The molecule has 0 radical (unpaired) electrons. The summed E-state index contributed by atoms with van der Waals surface area (Å²) in [6.45, 7) is 1.67. The molecule has 1 aliphatic rings. The molecule has 4 N–H and O–H groups in total. The molecule has 1 aliphatic carbocycles. The maximum absolute atomic E-state index is 12.2. The predicted molar refractivity (Wildman–Crippen MR) is 111 cm³/mol. The average molecular weight is 414 g/mol. The second-order valence-corrected chi connectivity index (χ2v) is 8.11. The molecule has 1 heterocycles. The minimum absolute atomic E-state index is 0.126. The molecule has 3 rings (SSSR count). The number of amides is 2. The Morgan fingerprint density at radius 3 is 2.72 bits per heavy atom. The van der Waals surface area contributed by atoms with Gasteiger partial charge in [0.25, 0.3) is 11.8 Å². The summed E-state index contributed by atoms with van der Waals surface area (Å²) in [5.41, 5.74) is 7.51. The van der Waals surface area contributed by atoms with Crippen LogP contribution in [0.25, 0.3) is 6.08 Å². The highest BCUT2D eigenvalue weighted by molar-refractivity contribution is 7.17. The van der Waals surface area contributed by atoms with Crippen molar-refractivity contribution in [3.63, 3.8) is 0 Å². The van der Waals surface area contributed by atoms with Crippen LogP contribution in [0.4, 0.5) is 5.00 Å². The topological polar surface area (TPSA) is 119 Å². The van der Waals surface area contributed by atoms with Gasteiger partial charge in [0, 0.05) is 11.0 Å². The average Bonchev–Trinajstić information content (AvgIpc) is 3.02. The minimum Gasteiger partial charge on any atom is -0.508 e. The van der Waals surface area contributed by atoms with Gasteiger partial charge in [0.1, 0.15) is 10.8 Å². The van der Waals surface area contributed by atoms with E-state index in [1.165, 1.54) is 35.6 Å². The van der Waals surface area contributed by atoms with Gasteiger partial charge in [0.05, 0.1) is 5.56 Å². The molecule has 29 heavy (non-hydrogen) atoms. The molecule has 1 aromatic carbocycles. The quantitative estimate of drug-likeness (QED) is 0.496. The molecule has 1 unspecified atom stereocenters. The second kappa shape index (κ2) is 8.91. The summed E-state index contributed by atoms with van der Waals surface area (Å²) in [7, 11) is 0. The number of phenols is 1. The molecule has 2 amide bonds. The van der Waals surface area contributed by atoms with Crippen LogP contribution in [0.2, 0.25) is 0 Å². The number of aromatic hydroxyl groups is 1. The molecule has 7 nitrogen and oxygen atoms in total. The lowest BCUT2D eigenvalue weighted by Gasteiger charge is -2.18. The van der Waals surface area contributed by atoms with Crippen LogP contribution in [0, 0.1) is 5.92 Å². The lowest BCUT2D eigenvalue weighted by molar-refractivity contribution is -0.142. The van der Waals surface area contributed by atoms with E-state index in [2.05, 4.69) is 12.2 Å². The van der Waals surface area contributed by atoms with Gasteiger partial charge in [0.15, 0.2) is 6.61 Å². The molecular weight excluding hydrogens is 392 g/mol. The third-order valence-electron chi connectivity index (χ3n) is 4.66. The van der Waals surface area contributed by atoms with Crippen molar-refractivity contribution in [3.05, 3.63) is 51.9 Å². The van der Waals surface area contributed by atoms with Crippen molar-refractivity contribution in [2.24, 2.45) is 11.7 Å². The summed E-state index contributed by atoms with van der Waals surface area (Å²) in [6.07, 6.45) is 5.30. The summed E-state index contributed by atoms with van der Waals surface area (Å²) in [6, 6.07) is 6.26. The lowest BCUT2D eigenvalue weighted by Crippen LogP contribution is -2.22. The Balaban J connectivity index is 1.59. The Morgan fingerprint density at radius 1 is 1.31 bits per heavy atom. The van der Waals surface area contributed by atoms with Crippen molar-refractivity contribution >= 4 is 40.2 Å². The van der Waals surface area contributed by atoms with E-state index in [1.807, 2.05) is 0 Å². The molecule has 0 saturated heterocycles. The third-order valence-corrected chi connectivity index (χ3v) is 5.83. The first-order chi connectivity index (χ1) is 13.8. The molecule has 2 aromatic rings. The molecule has 152 valence electrons. The minimum atomic E-state index is -0.678. The third kappa shape index (κ3) is 5.23. The van der Waals surface area contributed by atoms with Gasteiger partial charge in [0.2, 0.25) is 0 Å². The van der Waals surface area contributed by atoms with Crippen LogP contribution >= 0.6 is 11.3 Å². The molecule has 0 aliphatic heterocycles. The molecule has 0 spiro atoms. The maximum atomic E-state index is 12.2. The zero-order valence-corrected chi connectivity index (χ0v) is 16.8. The van der Waals surface area contributed by atoms with Gasteiger partial charge in [-0.2, -0.15) is 0 Å². The van der Waals surface area contributed by atoms with Crippen LogP contribution in [0.1, 0.15) is 39.7 Å². The lowest BCUT2D eigenvalue weighted by atomic mass is 9.88. The molecular formula is C21H22N2O5S. The van der Waals surface area contributed by atoms with Crippen LogP contribution in [0.5, 0.6) is 5.75 Å². The van der Waals surface area contributed by atoms with E-state index >= 15 is 0 Å². The fraction of sp³-hybridized carbons (Fsp3) is 0.286. The monoisotopic (exact) mass is 414 g/mol. The molecule has 8 heteroatoms. The number of primary amides is 1. The molecule has 0 bridgehead atoms. The van der Waals surface area contributed by atoms with Gasteiger partial charge < -0.3 is 20.9 Å². The molecule has 1 atom stereocenters. The van der Waals surface area contributed by atoms with Crippen molar-refractivity contribution in [3.8, 4) is 5.75 Å². The number of hydrogen-bond acceptors (Lipinski definition) is 6. The summed E-state index contributed by atoms with van der Waals surface area (Å²) in [5, 5.41) is 12.3. The molecule has 0 saturated carbocycles. The van der Waals surface area contributed by atoms with E-state index in [1.54, 1.807) is 12.1 Å². The van der Waals surface area contributed by atoms with E-state index in [-0.39, 0.29) is 5.75 Å². The number of nitrogens with one attached hydrogen (secondary N) is 1. The number of anilines is 1. The highest BCUT2D eigenvalue weighted by atomic mass is 32.1. The van der Waals surface area contributed by atoms with Crippen molar-refractivity contribution < 1.29 is 24.2 Å². The summed E-state index contributed by atoms with van der Waals surface area (Å²) in [4.78, 5) is 37.0. The Hall–Kier alpha value is -3.13. The van der Waals surface area contributed by atoms with Gasteiger partial charge >= 0.3 is 5.97 Å². The van der Waals surface area contributed by atoms with E-state index in [0.717, 1.165) is 29.7 Å². The Kier molecular flexibility index (Phi) is 6.33. The Bertz CT molecular complexity index is 962. The largest absolute Gasteiger partial charge is 0.508 e. The van der Waals surface area contributed by atoms with Crippen LogP contribution in [0.15, 0.2) is 30.3 Å². The van der Waals surface area contributed by atoms with Crippen molar-refractivity contribution in [2.45, 2.75) is 26.2 Å². The van der Waals surface area contributed by atoms with Gasteiger partial charge in [-0.15, -0.1) is 11.3 Å². The fourth-order valence-corrected chi connectivity index (χ4v) is 4.63. The number of fused-ring (bicyclic) bond motifs is 1. The normalized spacial score (nSPS) is 15.7. The number of phenolic OH excluding ortho intramolecular Hbond substituents is 1. The van der Waals surface area contributed by atoms with Crippen molar-refractivity contribution in [2.75, 3.05) is 11.9 Å². The van der Waals surface area contributed by atoms with E-state index in [0.29, 0.717) is 22.0 Å². The standard InChI is InChI=1S/C21H22N2O5S/c1-12-2-8-15-16(10-12)29-21(19(15)20(22)27)23-17(25)11-28-18(26)9-5-13-3-6-14(24)7-4-13/h3-7,9,12,24H,2,8,10-11H2,1H3,(H2,22,27)(H,23,25)/b9-5+. The highest BCUT2D eigenvalue weighted by Crippen LogP contribution is 2.39. The number of hydrogen-bond donors (Lipinski definition) is 3. The van der Waals surface area contributed by atoms with Gasteiger partial charge in [-0.3, -0.25) is 9.59 Å². The Labute approximate surface area is 172 Å². The van der Waals surface area contributed by atoms with Gasteiger partial charge in [-0.25, -0.2) is 4.79 Å². The van der Waals surface area contributed by atoms with Crippen LogP contribution < -0.4 is 11.1 Å². The SMILES string of the molecule is CC1CCc2c(sc(NC(=O)COC(=O)/C=C/c3ccc(O)cc3)c2C(N)=O)C1. The van der Waals surface area contributed by atoms with Crippen molar-refractivity contribution in [1.29, 1.82) is 0 Å². The van der Waals surface area contributed by atoms with Gasteiger partial charge in [-0.1, -0.05) is 19.1 Å². The fourth-order valence-electron chi connectivity index (χ4n) is 3.20. The van der Waals surface area contributed by atoms with E-state index in [9.17, 15) is 19.5 Å². The smallest absolute Gasteiger partial charge is 0.331 e. The first kappa shape index (κ1) is 20.6. The highest BCUT2D eigenvalue weighted by Gasteiger charge is 2.27. The zero-order chi connectivity index (χ0) is 21.0. The number of benzene rings is 1. The number of rotatable bonds is 6. The number of thiophene rings is 1. The summed E-state index contributed by atoms with van der Waals surface area (Å²) in [5.74, 6) is -1.14.